The third-order valence-corrected chi connectivity index (χ3v) is 1.23. The van der Waals surface area contributed by atoms with E-state index in [1.54, 1.807) is 25.0 Å². The standard InChI is InChI=1S/C7H8N2O/c1-4-6-5-8-9(2)7(6)10-3/h1,5H,2-3H3. The molecule has 0 aliphatic rings. The highest BCUT2D eigenvalue weighted by molar-refractivity contribution is 5.38. The number of aromatic nitrogens is 2. The van der Waals surface area contributed by atoms with Crippen molar-refractivity contribution in [1.29, 1.82) is 0 Å². The number of rotatable bonds is 1. The van der Waals surface area contributed by atoms with Crippen LogP contribution in [0, 0.1) is 12.3 Å². The molecule has 0 bridgehead atoms. The van der Waals surface area contributed by atoms with Crippen molar-refractivity contribution in [1.82, 2.24) is 9.78 Å². The number of aryl methyl sites for hydroxylation is 1. The molecule has 3 heteroatoms. The topological polar surface area (TPSA) is 27.1 Å². The average Bonchev–Trinajstić information content (AvgIpc) is 2.30. The fourth-order valence-corrected chi connectivity index (χ4v) is 0.767. The van der Waals surface area contributed by atoms with Gasteiger partial charge in [-0.25, -0.2) is 4.68 Å². The van der Waals surface area contributed by atoms with Gasteiger partial charge in [-0.2, -0.15) is 5.10 Å². The highest BCUT2D eigenvalue weighted by Gasteiger charge is 2.03. The maximum absolute atomic E-state index is 5.16. The molecule has 1 aromatic rings. The summed E-state index contributed by atoms with van der Waals surface area (Å²) < 4.78 is 6.56. The largest absolute Gasteiger partial charge is 0.480 e. The molecule has 10 heavy (non-hydrogen) atoms. The van der Waals surface area contributed by atoms with Crippen LogP contribution in [0.25, 0.3) is 0 Å². The molecule has 0 radical (unpaired) electrons. The summed E-state index contributed by atoms with van der Waals surface area (Å²) in [6.07, 6.45) is 6.75. The zero-order chi connectivity index (χ0) is 7.56. The molecule has 0 unspecified atom stereocenters. The molecule has 0 amide bonds. The predicted octanol–water partition coefficient (Wildman–Crippen LogP) is 0.410. The normalized spacial score (nSPS) is 8.90. The Hall–Kier alpha value is -1.43. The minimum absolute atomic E-state index is 0.627. The van der Waals surface area contributed by atoms with Crippen molar-refractivity contribution < 1.29 is 4.74 Å². The first-order valence-electron chi connectivity index (χ1n) is 2.82. The van der Waals surface area contributed by atoms with Gasteiger partial charge in [-0.05, 0) is 0 Å². The Bertz CT molecular complexity index is 270. The van der Waals surface area contributed by atoms with Crippen molar-refractivity contribution in [3.8, 4) is 18.2 Å². The van der Waals surface area contributed by atoms with Crippen LogP contribution >= 0.6 is 0 Å². The van der Waals surface area contributed by atoms with E-state index in [1.807, 2.05) is 0 Å². The van der Waals surface area contributed by atoms with Gasteiger partial charge < -0.3 is 4.74 Å². The fourth-order valence-electron chi connectivity index (χ4n) is 0.767. The summed E-state index contributed by atoms with van der Waals surface area (Å²) in [4.78, 5) is 0. The minimum atomic E-state index is 0.627. The Kier molecular flexibility index (Phi) is 1.63. The molecule has 1 aromatic heterocycles. The van der Waals surface area contributed by atoms with Crippen LogP contribution in [0.15, 0.2) is 6.20 Å². The maximum Gasteiger partial charge on any atom is 0.227 e. The maximum atomic E-state index is 5.16. The van der Waals surface area contributed by atoms with Crippen LogP contribution in [0.2, 0.25) is 0 Å². The number of nitrogens with zero attached hydrogens (tertiary/aromatic N) is 2. The minimum Gasteiger partial charge on any atom is -0.480 e. The summed E-state index contributed by atoms with van der Waals surface area (Å²) in [5.74, 6) is 3.09. The van der Waals surface area contributed by atoms with E-state index >= 15 is 0 Å². The van der Waals surface area contributed by atoms with Gasteiger partial charge in [-0.3, -0.25) is 0 Å². The van der Waals surface area contributed by atoms with Gasteiger partial charge in [-0.1, -0.05) is 5.92 Å². The van der Waals surface area contributed by atoms with Crippen LogP contribution in [0.1, 0.15) is 5.56 Å². The van der Waals surface area contributed by atoms with Crippen molar-refractivity contribution >= 4 is 0 Å². The molecule has 0 aliphatic heterocycles. The van der Waals surface area contributed by atoms with Gasteiger partial charge in [-0.15, -0.1) is 6.42 Å². The lowest BCUT2D eigenvalue weighted by molar-refractivity contribution is 0.372. The molecule has 1 heterocycles. The summed E-state index contributed by atoms with van der Waals surface area (Å²) >= 11 is 0. The first-order chi connectivity index (χ1) is 4.79. The molecule has 52 valence electrons. The molecular formula is C7H8N2O. The van der Waals surface area contributed by atoms with Crippen LogP contribution < -0.4 is 4.74 Å². The molecule has 1 rings (SSSR count). The fraction of sp³-hybridized carbons (Fsp3) is 0.286. The Morgan fingerprint density at radius 2 is 2.50 bits per heavy atom. The van der Waals surface area contributed by atoms with Crippen molar-refractivity contribution in [3.63, 3.8) is 0 Å². The summed E-state index contributed by atoms with van der Waals surface area (Å²) in [5, 5.41) is 3.91. The third kappa shape index (κ3) is 0.841. The zero-order valence-corrected chi connectivity index (χ0v) is 5.96. The summed E-state index contributed by atoms with van der Waals surface area (Å²) in [6, 6.07) is 0. The Balaban J connectivity index is 3.16. The van der Waals surface area contributed by atoms with Crippen molar-refractivity contribution in [2.75, 3.05) is 7.11 Å². The highest BCUT2D eigenvalue weighted by atomic mass is 16.5. The van der Waals surface area contributed by atoms with Gasteiger partial charge in [0.05, 0.1) is 13.3 Å². The zero-order valence-electron chi connectivity index (χ0n) is 5.96. The van der Waals surface area contributed by atoms with Crippen molar-refractivity contribution in [2.24, 2.45) is 7.05 Å². The second-order valence-corrected chi connectivity index (χ2v) is 1.84. The lowest BCUT2D eigenvalue weighted by Crippen LogP contribution is -1.95. The molecule has 0 fully saturated rings. The van der Waals surface area contributed by atoms with Gasteiger partial charge in [0.2, 0.25) is 5.88 Å². The Labute approximate surface area is 59.6 Å². The van der Waals surface area contributed by atoms with E-state index in [0.29, 0.717) is 11.4 Å². The van der Waals surface area contributed by atoms with E-state index in [-0.39, 0.29) is 0 Å². The second kappa shape index (κ2) is 2.44. The first kappa shape index (κ1) is 6.69. The molecule has 0 saturated heterocycles. The van der Waals surface area contributed by atoms with E-state index < -0.39 is 0 Å². The van der Waals surface area contributed by atoms with Crippen LogP contribution in [0.3, 0.4) is 0 Å². The van der Waals surface area contributed by atoms with Gasteiger partial charge in [0.15, 0.2) is 0 Å². The van der Waals surface area contributed by atoms with Crippen LogP contribution in [0.4, 0.5) is 0 Å². The van der Waals surface area contributed by atoms with E-state index in [1.165, 1.54) is 0 Å². The number of hydrogen-bond acceptors (Lipinski definition) is 2. The molecule has 0 atom stereocenters. The van der Waals surface area contributed by atoms with Crippen molar-refractivity contribution in [2.45, 2.75) is 0 Å². The smallest absolute Gasteiger partial charge is 0.227 e. The van der Waals surface area contributed by atoms with E-state index in [4.69, 9.17) is 11.2 Å². The summed E-state index contributed by atoms with van der Waals surface area (Å²) in [6.45, 7) is 0. The SMILES string of the molecule is C#Cc1cnn(C)c1OC. The number of terminal acetylenes is 1. The predicted molar refractivity (Wildman–Crippen MR) is 37.7 cm³/mol. The summed E-state index contributed by atoms with van der Waals surface area (Å²) in [7, 11) is 3.34. The Morgan fingerprint density at radius 1 is 1.80 bits per heavy atom. The number of methoxy groups -OCH3 is 1. The van der Waals surface area contributed by atoms with E-state index in [0.717, 1.165) is 0 Å². The van der Waals surface area contributed by atoms with Gasteiger partial charge in [0, 0.05) is 7.05 Å². The molecule has 0 aromatic carbocycles. The monoisotopic (exact) mass is 136 g/mol. The first-order valence-corrected chi connectivity index (χ1v) is 2.82. The van der Waals surface area contributed by atoms with Gasteiger partial charge >= 0.3 is 0 Å². The van der Waals surface area contributed by atoms with Crippen LogP contribution in [0.5, 0.6) is 5.88 Å². The molecule has 3 nitrogen and oxygen atoms in total. The molecule has 0 aliphatic carbocycles. The Morgan fingerprint density at radius 3 is 2.90 bits per heavy atom. The van der Waals surface area contributed by atoms with Crippen molar-refractivity contribution in [3.05, 3.63) is 11.8 Å². The molecular weight excluding hydrogens is 128 g/mol. The van der Waals surface area contributed by atoms with E-state index in [2.05, 4.69) is 11.0 Å². The quantitative estimate of drug-likeness (QED) is 0.523. The molecule has 0 spiro atoms. The van der Waals surface area contributed by atoms with E-state index in [9.17, 15) is 0 Å². The van der Waals surface area contributed by atoms with Gasteiger partial charge in [0.1, 0.15) is 5.56 Å². The van der Waals surface area contributed by atoms with Crippen LogP contribution in [-0.2, 0) is 7.05 Å². The highest BCUT2D eigenvalue weighted by Crippen LogP contribution is 2.13. The lowest BCUT2D eigenvalue weighted by Gasteiger charge is -1.98. The summed E-state index contributed by atoms with van der Waals surface area (Å²) in [5.41, 5.74) is 0.685. The van der Waals surface area contributed by atoms with Crippen LogP contribution in [-0.4, -0.2) is 16.9 Å². The third-order valence-electron chi connectivity index (χ3n) is 1.23. The number of hydrogen-bond donors (Lipinski definition) is 0. The van der Waals surface area contributed by atoms with Gasteiger partial charge in [0.25, 0.3) is 0 Å². The average molecular weight is 136 g/mol. The molecule has 0 N–H and O–H groups in total. The number of ether oxygens (including phenoxy) is 1. The lowest BCUT2D eigenvalue weighted by atomic mass is 10.4. The molecule has 0 saturated carbocycles. The second-order valence-electron chi connectivity index (χ2n) is 1.84.